The highest BCUT2D eigenvalue weighted by Crippen LogP contribution is 2.33. The first-order valence-electron chi connectivity index (χ1n) is 5.33. The molecule has 0 aromatic heterocycles. The van der Waals surface area contributed by atoms with E-state index in [4.69, 9.17) is 0 Å². The van der Waals surface area contributed by atoms with Crippen LogP contribution in [0.4, 0.5) is 10.1 Å². The van der Waals surface area contributed by atoms with E-state index in [1.807, 2.05) is 26.0 Å². The number of para-hydroxylation sites is 1. The van der Waals surface area contributed by atoms with Gasteiger partial charge in [-0.15, -0.1) is 0 Å². The zero-order valence-electron chi connectivity index (χ0n) is 9.18. The van der Waals surface area contributed by atoms with Gasteiger partial charge in [-0.05, 0) is 31.9 Å². The van der Waals surface area contributed by atoms with Crippen molar-refractivity contribution < 1.29 is 4.39 Å². The van der Waals surface area contributed by atoms with Gasteiger partial charge in [0.25, 0.3) is 0 Å². The minimum Gasteiger partial charge on any atom is -0.384 e. The van der Waals surface area contributed by atoms with Gasteiger partial charge in [-0.3, -0.25) is 0 Å². The molecule has 0 saturated carbocycles. The molecule has 1 aliphatic heterocycles. The molecule has 15 heavy (non-hydrogen) atoms. The van der Waals surface area contributed by atoms with Crippen LogP contribution >= 0.6 is 0 Å². The molecule has 1 aromatic carbocycles. The van der Waals surface area contributed by atoms with E-state index in [0.29, 0.717) is 0 Å². The van der Waals surface area contributed by atoms with E-state index in [0.717, 1.165) is 29.8 Å². The monoisotopic (exact) mass is 205 g/mol. The molecule has 0 bridgehead atoms. The molecule has 1 aromatic rings. The second kappa shape index (κ2) is 4.05. The van der Waals surface area contributed by atoms with Crippen molar-refractivity contribution in [2.45, 2.75) is 26.4 Å². The molecule has 2 rings (SSSR count). The summed E-state index contributed by atoms with van der Waals surface area (Å²) in [5.74, 6) is 0. The van der Waals surface area contributed by atoms with E-state index in [9.17, 15) is 4.39 Å². The smallest absolute Gasteiger partial charge is 0.146 e. The van der Waals surface area contributed by atoms with Crippen molar-refractivity contribution >= 4 is 5.69 Å². The van der Waals surface area contributed by atoms with E-state index in [1.54, 1.807) is 6.08 Å². The summed E-state index contributed by atoms with van der Waals surface area (Å²) in [7, 11) is 0. The summed E-state index contributed by atoms with van der Waals surface area (Å²) in [5.41, 5.74) is 4.02. The molecular weight excluding hydrogens is 189 g/mol. The van der Waals surface area contributed by atoms with Crippen LogP contribution < -0.4 is 5.32 Å². The number of anilines is 1. The first kappa shape index (κ1) is 10.2. The lowest BCUT2D eigenvalue weighted by Crippen LogP contribution is -1.97. The number of halogens is 1. The van der Waals surface area contributed by atoms with Crippen LogP contribution in [0.2, 0.25) is 0 Å². The summed E-state index contributed by atoms with van der Waals surface area (Å²) in [5, 5.41) is 3.25. The molecule has 0 radical (unpaired) electrons. The highest BCUT2D eigenvalue weighted by molar-refractivity contribution is 5.62. The van der Waals surface area contributed by atoms with Crippen LogP contribution in [0.1, 0.15) is 31.1 Å². The normalized spacial score (nSPS) is 15.4. The molecule has 1 N–H and O–H groups in total. The van der Waals surface area contributed by atoms with Crippen molar-refractivity contribution in [1.82, 2.24) is 0 Å². The van der Waals surface area contributed by atoms with E-state index in [-0.39, 0.29) is 0 Å². The van der Waals surface area contributed by atoms with E-state index < -0.39 is 6.17 Å². The van der Waals surface area contributed by atoms with Crippen LogP contribution in [0, 0.1) is 0 Å². The Labute approximate surface area is 90.0 Å². The highest BCUT2D eigenvalue weighted by Gasteiger charge is 2.18. The number of allylic oxidation sites excluding steroid dienone is 2. The molecule has 2 heteroatoms. The van der Waals surface area contributed by atoms with Crippen molar-refractivity contribution in [3.8, 4) is 0 Å². The Morgan fingerprint density at radius 3 is 3.00 bits per heavy atom. The quantitative estimate of drug-likeness (QED) is 0.727. The maximum Gasteiger partial charge on any atom is 0.146 e. The summed E-state index contributed by atoms with van der Waals surface area (Å²) in [6.45, 7) is 4.76. The van der Waals surface area contributed by atoms with E-state index in [1.165, 1.54) is 5.56 Å². The van der Waals surface area contributed by atoms with Crippen LogP contribution in [0.25, 0.3) is 0 Å². The maximum atomic E-state index is 13.9. The van der Waals surface area contributed by atoms with Crippen LogP contribution in [0.3, 0.4) is 0 Å². The first-order chi connectivity index (χ1) is 7.18. The predicted octanol–water partition coefficient (Wildman–Crippen LogP) is 3.63. The molecule has 1 heterocycles. The molecule has 0 saturated heterocycles. The van der Waals surface area contributed by atoms with E-state index in [2.05, 4.69) is 11.4 Å². The summed E-state index contributed by atoms with van der Waals surface area (Å²) in [4.78, 5) is 0. The lowest BCUT2D eigenvalue weighted by Gasteiger charge is -2.10. The van der Waals surface area contributed by atoms with Crippen molar-refractivity contribution in [2.24, 2.45) is 0 Å². The SMILES string of the molecule is CC(C)=CC(F)c1cccc2c1NCC2. The summed E-state index contributed by atoms with van der Waals surface area (Å²) in [6.07, 6.45) is 1.68. The lowest BCUT2D eigenvalue weighted by molar-refractivity contribution is 0.414. The van der Waals surface area contributed by atoms with Crippen molar-refractivity contribution in [3.63, 3.8) is 0 Å². The average Bonchev–Trinajstić information content (AvgIpc) is 2.63. The summed E-state index contributed by atoms with van der Waals surface area (Å²) >= 11 is 0. The summed E-state index contributed by atoms with van der Waals surface area (Å²) in [6, 6.07) is 5.86. The number of hydrogen-bond acceptors (Lipinski definition) is 1. The van der Waals surface area contributed by atoms with Crippen molar-refractivity contribution in [2.75, 3.05) is 11.9 Å². The molecule has 1 aliphatic rings. The Hall–Kier alpha value is -1.31. The van der Waals surface area contributed by atoms with Gasteiger partial charge in [0.15, 0.2) is 0 Å². The molecule has 1 atom stereocenters. The molecule has 0 amide bonds. The van der Waals surface area contributed by atoms with Gasteiger partial charge >= 0.3 is 0 Å². The fraction of sp³-hybridized carbons (Fsp3) is 0.385. The largest absolute Gasteiger partial charge is 0.384 e. The molecule has 0 aliphatic carbocycles. The Bertz CT molecular complexity index is 392. The van der Waals surface area contributed by atoms with Gasteiger partial charge in [-0.1, -0.05) is 23.8 Å². The number of fused-ring (bicyclic) bond motifs is 1. The first-order valence-corrected chi connectivity index (χ1v) is 5.33. The zero-order valence-corrected chi connectivity index (χ0v) is 9.18. The van der Waals surface area contributed by atoms with Gasteiger partial charge in [-0.2, -0.15) is 0 Å². The maximum absolute atomic E-state index is 13.9. The third kappa shape index (κ3) is 2.04. The Kier molecular flexibility index (Phi) is 2.76. The van der Waals surface area contributed by atoms with Gasteiger partial charge < -0.3 is 5.32 Å². The van der Waals surface area contributed by atoms with Gasteiger partial charge in [0.1, 0.15) is 6.17 Å². The van der Waals surface area contributed by atoms with E-state index >= 15 is 0 Å². The highest BCUT2D eigenvalue weighted by atomic mass is 19.1. The van der Waals surface area contributed by atoms with Crippen molar-refractivity contribution in [1.29, 1.82) is 0 Å². The lowest BCUT2D eigenvalue weighted by atomic mass is 10.0. The minimum absolute atomic E-state index is 0.770. The minimum atomic E-state index is -0.990. The molecule has 1 nitrogen and oxygen atoms in total. The Morgan fingerprint density at radius 1 is 1.47 bits per heavy atom. The number of benzene rings is 1. The fourth-order valence-electron chi connectivity index (χ4n) is 1.98. The molecule has 0 fully saturated rings. The van der Waals surface area contributed by atoms with Crippen LogP contribution in [0.15, 0.2) is 29.8 Å². The fourth-order valence-corrected chi connectivity index (χ4v) is 1.98. The second-order valence-corrected chi connectivity index (χ2v) is 4.20. The Morgan fingerprint density at radius 2 is 2.27 bits per heavy atom. The molecular formula is C13H16FN. The molecule has 80 valence electrons. The van der Waals surface area contributed by atoms with Crippen LogP contribution in [0.5, 0.6) is 0 Å². The molecule has 0 spiro atoms. The number of rotatable bonds is 2. The van der Waals surface area contributed by atoms with Gasteiger partial charge in [-0.25, -0.2) is 4.39 Å². The van der Waals surface area contributed by atoms with Gasteiger partial charge in [0.05, 0.1) is 0 Å². The van der Waals surface area contributed by atoms with Gasteiger partial charge in [0.2, 0.25) is 0 Å². The standard InChI is InChI=1S/C13H16FN/c1-9(2)8-12(14)11-5-3-4-10-6-7-15-13(10)11/h3-5,8,12,15H,6-7H2,1-2H3. The predicted molar refractivity (Wildman–Crippen MR) is 61.9 cm³/mol. The average molecular weight is 205 g/mol. The topological polar surface area (TPSA) is 12.0 Å². The number of alkyl halides is 1. The van der Waals surface area contributed by atoms with Crippen molar-refractivity contribution in [3.05, 3.63) is 41.0 Å². The number of nitrogens with one attached hydrogen (secondary N) is 1. The van der Waals surface area contributed by atoms with Gasteiger partial charge in [0, 0.05) is 17.8 Å². The number of hydrogen-bond donors (Lipinski definition) is 1. The zero-order chi connectivity index (χ0) is 10.8. The Balaban J connectivity index is 2.37. The third-order valence-electron chi connectivity index (χ3n) is 2.66. The summed E-state index contributed by atoms with van der Waals surface area (Å²) < 4.78 is 13.9. The van der Waals surface area contributed by atoms with Crippen LogP contribution in [-0.2, 0) is 6.42 Å². The van der Waals surface area contributed by atoms with Crippen LogP contribution in [-0.4, -0.2) is 6.54 Å². The third-order valence-corrected chi connectivity index (χ3v) is 2.66. The molecule has 1 unspecified atom stereocenters. The second-order valence-electron chi connectivity index (χ2n) is 4.20.